The lowest BCUT2D eigenvalue weighted by atomic mass is 10.3. The summed E-state index contributed by atoms with van der Waals surface area (Å²) in [6, 6.07) is 6.05. The van der Waals surface area contributed by atoms with E-state index in [1.807, 2.05) is 23.9 Å². The summed E-state index contributed by atoms with van der Waals surface area (Å²) in [5, 5.41) is 1.35. The first-order valence-corrected chi connectivity index (χ1v) is 7.59. The van der Waals surface area contributed by atoms with Crippen molar-refractivity contribution in [3.8, 4) is 0 Å². The quantitative estimate of drug-likeness (QED) is 0.804. The van der Waals surface area contributed by atoms with Gasteiger partial charge in [-0.05, 0) is 25.1 Å². The number of thioether (sulfide) groups is 1. The number of nitrogens with zero attached hydrogens (tertiary/aromatic N) is 1. The molecule has 0 fully saturated rings. The van der Waals surface area contributed by atoms with Gasteiger partial charge in [0, 0.05) is 17.0 Å². The molecule has 0 amide bonds. The molecule has 0 spiro atoms. The Hall–Kier alpha value is -0.470. The second-order valence-corrected chi connectivity index (χ2v) is 6.52. The van der Waals surface area contributed by atoms with Crippen LogP contribution in [0.2, 0.25) is 5.02 Å². The van der Waals surface area contributed by atoms with Crippen molar-refractivity contribution in [1.82, 2.24) is 0 Å². The van der Waals surface area contributed by atoms with E-state index in [9.17, 15) is 8.42 Å². The normalized spacial score (nSPS) is 18.1. The van der Waals surface area contributed by atoms with Crippen LogP contribution in [0.3, 0.4) is 0 Å². The smallest absolute Gasteiger partial charge is 0.362 e. The fraction of sp³-hybridized carbons (Fsp3) is 0.400. The largest absolute Gasteiger partial charge is 0.397 e. The lowest BCUT2D eigenvalue weighted by Gasteiger charge is -2.16. The highest BCUT2D eigenvalue weighted by atomic mass is 35.5. The number of rotatable bonds is 1. The van der Waals surface area contributed by atoms with Crippen molar-refractivity contribution in [2.75, 3.05) is 19.1 Å². The van der Waals surface area contributed by atoms with Gasteiger partial charge in [0.2, 0.25) is 0 Å². The van der Waals surface area contributed by atoms with Crippen LogP contribution in [0.5, 0.6) is 0 Å². The first kappa shape index (κ1) is 15.6. The maximum atomic E-state index is 9.33. The number of fused-ring (bicyclic) bond motifs is 1. The van der Waals surface area contributed by atoms with Crippen LogP contribution in [0.4, 0.5) is 5.69 Å². The molecular weight excluding hydrogens is 298 g/mol. The van der Waals surface area contributed by atoms with Crippen molar-refractivity contribution in [1.29, 1.82) is 0 Å². The lowest BCUT2D eigenvalue weighted by Crippen LogP contribution is -2.20. The van der Waals surface area contributed by atoms with Crippen molar-refractivity contribution in [3.05, 3.63) is 23.2 Å². The highest BCUT2D eigenvalue weighted by Crippen LogP contribution is 2.43. The highest BCUT2D eigenvalue weighted by molar-refractivity contribution is 8.00. The SMILES string of the molecule is CC1Sc2cc(Cl)ccc2N1C.COS(=O)(=O)O. The van der Waals surface area contributed by atoms with Crippen LogP contribution in [0.25, 0.3) is 0 Å². The molecule has 0 aliphatic carbocycles. The zero-order valence-electron chi connectivity index (χ0n) is 10.1. The number of hydrogen-bond donors (Lipinski definition) is 1. The van der Waals surface area contributed by atoms with E-state index >= 15 is 0 Å². The predicted molar refractivity (Wildman–Crippen MR) is 73.7 cm³/mol. The molecule has 1 aliphatic heterocycles. The molecule has 1 atom stereocenters. The Bertz CT molecular complexity index is 521. The molecule has 1 N–H and O–H groups in total. The van der Waals surface area contributed by atoms with E-state index < -0.39 is 10.4 Å². The summed E-state index contributed by atoms with van der Waals surface area (Å²) >= 11 is 7.74. The predicted octanol–water partition coefficient (Wildman–Crippen LogP) is 2.66. The molecule has 1 aromatic rings. The Balaban J connectivity index is 0.000000232. The molecule has 1 aromatic carbocycles. The summed E-state index contributed by atoms with van der Waals surface area (Å²) in [6.45, 7) is 2.19. The third kappa shape index (κ3) is 4.33. The van der Waals surface area contributed by atoms with E-state index in [-0.39, 0.29) is 0 Å². The van der Waals surface area contributed by atoms with Crippen LogP contribution >= 0.6 is 23.4 Å². The Morgan fingerprint density at radius 3 is 2.56 bits per heavy atom. The number of hydrogen-bond acceptors (Lipinski definition) is 5. The minimum Gasteiger partial charge on any atom is -0.362 e. The van der Waals surface area contributed by atoms with Gasteiger partial charge in [0.05, 0.1) is 18.2 Å². The third-order valence-corrected chi connectivity index (χ3v) is 4.25. The summed E-state index contributed by atoms with van der Waals surface area (Å²) in [5.74, 6) is 0. The van der Waals surface area contributed by atoms with Crippen molar-refractivity contribution in [2.45, 2.75) is 17.2 Å². The Kier molecular flexibility index (Phi) is 5.30. The standard InChI is InChI=1S/C9H10ClNS.CH4O4S/c1-6-11(2)8-4-3-7(10)5-9(8)12-6;1-5-6(2,3)4/h3-6H,1-2H3;1H3,(H,2,3,4). The molecule has 0 saturated carbocycles. The highest BCUT2D eigenvalue weighted by Gasteiger charge is 2.23. The Labute approximate surface area is 116 Å². The van der Waals surface area contributed by atoms with Crippen LogP contribution < -0.4 is 4.90 Å². The summed E-state index contributed by atoms with van der Waals surface area (Å²) in [4.78, 5) is 3.55. The third-order valence-electron chi connectivity index (χ3n) is 2.36. The first-order chi connectivity index (χ1) is 8.24. The molecule has 1 aliphatic rings. The van der Waals surface area contributed by atoms with Crippen LogP contribution in [-0.2, 0) is 14.6 Å². The molecular formula is C10H14ClNO4S2. The molecule has 0 aromatic heterocycles. The van der Waals surface area contributed by atoms with E-state index in [1.165, 1.54) is 10.6 Å². The van der Waals surface area contributed by atoms with Crippen molar-refractivity contribution < 1.29 is 17.2 Å². The summed E-state index contributed by atoms with van der Waals surface area (Å²) in [5.41, 5.74) is 1.29. The average Bonchev–Trinajstić information content (AvgIpc) is 2.54. The van der Waals surface area contributed by atoms with Gasteiger partial charge in [-0.25, -0.2) is 0 Å². The number of halogens is 1. The molecule has 1 heterocycles. The van der Waals surface area contributed by atoms with Crippen molar-refractivity contribution in [3.63, 3.8) is 0 Å². The maximum absolute atomic E-state index is 9.33. The van der Waals surface area contributed by atoms with Gasteiger partial charge in [0.15, 0.2) is 0 Å². The molecule has 0 bridgehead atoms. The monoisotopic (exact) mass is 311 g/mol. The Morgan fingerprint density at radius 2 is 2.06 bits per heavy atom. The molecule has 18 heavy (non-hydrogen) atoms. The molecule has 8 heteroatoms. The summed E-state index contributed by atoms with van der Waals surface area (Å²) in [6.07, 6.45) is 0. The second-order valence-electron chi connectivity index (χ2n) is 3.53. The van der Waals surface area contributed by atoms with E-state index in [4.69, 9.17) is 16.2 Å². The maximum Gasteiger partial charge on any atom is 0.397 e. The minimum atomic E-state index is -4.16. The zero-order chi connectivity index (χ0) is 13.9. The van der Waals surface area contributed by atoms with Crippen LogP contribution in [0, 0.1) is 0 Å². The van der Waals surface area contributed by atoms with E-state index in [0.29, 0.717) is 5.37 Å². The minimum absolute atomic E-state index is 0.526. The number of anilines is 1. The second kappa shape index (κ2) is 6.12. The van der Waals surface area contributed by atoms with Crippen molar-refractivity contribution >= 4 is 39.4 Å². The van der Waals surface area contributed by atoms with Gasteiger partial charge in [-0.1, -0.05) is 23.4 Å². The average molecular weight is 312 g/mol. The van der Waals surface area contributed by atoms with Gasteiger partial charge in [0.1, 0.15) is 0 Å². The van der Waals surface area contributed by atoms with Crippen molar-refractivity contribution in [2.24, 2.45) is 0 Å². The van der Waals surface area contributed by atoms with Gasteiger partial charge in [0.25, 0.3) is 0 Å². The van der Waals surface area contributed by atoms with Gasteiger partial charge in [-0.3, -0.25) is 8.74 Å². The van der Waals surface area contributed by atoms with Gasteiger partial charge < -0.3 is 4.90 Å². The van der Waals surface area contributed by atoms with E-state index in [1.54, 1.807) is 0 Å². The van der Waals surface area contributed by atoms with E-state index in [2.05, 4.69) is 29.1 Å². The fourth-order valence-corrected chi connectivity index (χ4v) is 2.74. The van der Waals surface area contributed by atoms with Crippen LogP contribution in [0.15, 0.2) is 23.1 Å². The van der Waals surface area contributed by atoms with E-state index in [0.717, 1.165) is 12.1 Å². The topological polar surface area (TPSA) is 66.8 Å². The first-order valence-electron chi connectivity index (χ1n) is 4.96. The molecule has 0 radical (unpaired) electrons. The molecule has 102 valence electrons. The Morgan fingerprint density at radius 1 is 1.50 bits per heavy atom. The molecule has 5 nitrogen and oxygen atoms in total. The molecule has 0 saturated heterocycles. The molecule has 1 unspecified atom stereocenters. The van der Waals surface area contributed by atoms with Gasteiger partial charge in [-0.15, -0.1) is 0 Å². The van der Waals surface area contributed by atoms with Crippen LogP contribution in [-0.4, -0.2) is 32.5 Å². The van der Waals surface area contributed by atoms with Crippen LogP contribution in [0.1, 0.15) is 6.92 Å². The van der Waals surface area contributed by atoms with Gasteiger partial charge >= 0.3 is 10.4 Å². The summed E-state index contributed by atoms with van der Waals surface area (Å²) < 4.78 is 29.7. The number of benzene rings is 1. The molecule has 2 rings (SSSR count). The van der Waals surface area contributed by atoms with Gasteiger partial charge in [-0.2, -0.15) is 8.42 Å². The lowest BCUT2D eigenvalue weighted by molar-refractivity contribution is 0.324. The summed E-state index contributed by atoms with van der Waals surface area (Å²) in [7, 11) is -1.18. The fourth-order valence-electron chi connectivity index (χ4n) is 1.33. The zero-order valence-corrected chi connectivity index (χ0v) is 12.5.